The van der Waals surface area contributed by atoms with Crippen LogP contribution in [0.1, 0.15) is 54.2 Å². The second kappa shape index (κ2) is 12.4. The summed E-state index contributed by atoms with van der Waals surface area (Å²) in [5.41, 5.74) is 1.67. The predicted molar refractivity (Wildman–Crippen MR) is 147 cm³/mol. The third-order valence-corrected chi connectivity index (χ3v) is 6.79. The maximum Gasteiger partial charge on any atom is 0.228 e. The maximum atomic E-state index is 12.8. The monoisotopic (exact) mass is 578 g/mol. The summed E-state index contributed by atoms with van der Waals surface area (Å²) >= 11 is 5.73. The second-order valence-electron chi connectivity index (χ2n) is 8.92. The van der Waals surface area contributed by atoms with Crippen LogP contribution < -0.4 is 10.6 Å². The summed E-state index contributed by atoms with van der Waals surface area (Å²) in [5.74, 6) is 0.301. The van der Waals surface area contributed by atoms with Crippen molar-refractivity contribution >= 4 is 44.8 Å². The number of aromatic hydroxyl groups is 1. The number of aromatic nitrogens is 5. The highest BCUT2D eigenvalue weighted by atomic mass is 35.5. The van der Waals surface area contributed by atoms with Gasteiger partial charge in [-0.1, -0.05) is 5.16 Å². The van der Waals surface area contributed by atoms with Gasteiger partial charge in [-0.25, -0.2) is 13.1 Å². The van der Waals surface area contributed by atoms with Crippen LogP contribution in [-0.2, 0) is 21.7 Å². The van der Waals surface area contributed by atoms with Gasteiger partial charge in [0.2, 0.25) is 23.1 Å². The zero-order chi connectivity index (χ0) is 28.9. The van der Waals surface area contributed by atoms with Gasteiger partial charge in [-0.2, -0.15) is 20.1 Å². The van der Waals surface area contributed by atoms with Crippen LogP contribution in [0, 0.1) is 6.92 Å². The van der Waals surface area contributed by atoms with E-state index in [9.17, 15) is 18.3 Å². The molecule has 0 saturated carbocycles. The van der Waals surface area contributed by atoms with Gasteiger partial charge in [-0.15, -0.1) is 0 Å². The average Bonchev–Trinajstić information content (AvgIpc) is 3.48. The second-order valence-corrected chi connectivity index (χ2v) is 11.2. The van der Waals surface area contributed by atoms with Crippen molar-refractivity contribution in [2.75, 3.05) is 30.0 Å². The van der Waals surface area contributed by atoms with E-state index in [0.717, 1.165) is 12.8 Å². The van der Waals surface area contributed by atoms with E-state index in [1.165, 1.54) is 30.1 Å². The van der Waals surface area contributed by atoms with E-state index in [-0.39, 0.29) is 33.2 Å². The van der Waals surface area contributed by atoms with E-state index < -0.39 is 15.6 Å². The molecule has 3 heterocycles. The molecular formula is C24H31ClN8O5S. The topological polar surface area (TPSA) is 174 Å². The van der Waals surface area contributed by atoms with Gasteiger partial charge in [0.1, 0.15) is 12.2 Å². The van der Waals surface area contributed by atoms with Gasteiger partial charge in [0.15, 0.2) is 15.6 Å². The third-order valence-electron chi connectivity index (χ3n) is 5.48. The van der Waals surface area contributed by atoms with Crippen LogP contribution in [0.25, 0.3) is 0 Å². The zero-order valence-corrected chi connectivity index (χ0v) is 24.1. The Balaban J connectivity index is 0.000000255. The maximum absolute atomic E-state index is 12.8. The predicted octanol–water partition coefficient (Wildman–Crippen LogP) is 2.97. The molecule has 1 aromatic carbocycles. The van der Waals surface area contributed by atoms with Crippen molar-refractivity contribution in [2.24, 2.45) is 12.2 Å². The molecule has 0 unspecified atom stereocenters. The Hall–Kier alpha value is -3.78. The molecule has 3 aromatic rings. The number of nitrogens with one attached hydrogen (secondary N) is 2. The molecule has 15 heteroatoms. The lowest BCUT2D eigenvalue weighted by atomic mass is 9.93. The standard InChI is InChI=1S/C16H17N3O5S.C8H14ClN5/c1-9-10(15(20)11-8-17-19(2)16(11)21)4-5-13(25(3,22)23)14(9)12-6-7-24-18-12;1-4-10-7-12-6(9)13-8(14-7)11-5(2)3/h4-5,8,21H,6-7H2,1-3H3;5H,4H2,1-3H3,(H2,10,11,12,13,14). The van der Waals surface area contributed by atoms with Crippen molar-refractivity contribution in [1.29, 1.82) is 0 Å². The first-order chi connectivity index (χ1) is 18.3. The molecule has 1 aliphatic rings. The van der Waals surface area contributed by atoms with Crippen LogP contribution in [-0.4, -0.2) is 75.2 Å². The Morgan fingerprint density at radius 3 is 2.44 bits per heavy atom. The van der Waals surface area contributed by atoms with E-state index in [1.807, 2.05) is 20.8 Å². The van der Waals surface area contributed by atoms with E-state index >= 15 is 0 Å². The lowest BCUT2D eigenvalue weighted by Gasteiger charge is -2.14. The number of halogens is 1. The minimum Gasteiger partial charge on any atom is -0.493 e. The van der Waals surface area contributed by atoms with Crippen molar-refractivity contribution in [3.8, 4) is 5.88 Å². The molecule has 0 atom stereocenters. The summed E-state index contributed by atoms with van der Waals surface area (Å²) in [6.45, 7) is 8.75. The number of hydrogen-bond acceptors (Lipinski definition) is 12. The Morgan fingerprint density at radius 2 is 1.90 bits per heavy atom. The fraction of sp³-hybridized carbons (Fsp3) is 0.417. The fourth-order valence-electron chi connectivity index (χ4n) is 3.73. The van der Waals surface area contributed by atoms with E-state index in [1.54, 1.807) is 6.92 Å². The van der Waals surface area contributed by atoms with Gasteiger partial charge in [-0.05, 0) is 57.0 Å². The van der Waals surface area contributed by atoms with Crippen molar-refractivity contribution in [2.45, 2.75) is 45.1 Å². The van der Waals surface area contributed by atoms with E-state index in [4.69, 9.17) is 16.4 Å². The summed E-state index contributed by atoms with van der Waals surface area (Å²) in [6, 6.07) is 3.10. The van der Waals surface area contributed by atoms with Gasteiger partial charge in [-0.3, -0.25) is 4.79 Å². The van der Waals surface area contributed by atoms with Crippen LogP contribution in [0.2, 0.25) is 5.28 Å². The van der Waals surface area contributed by atoms with Crippen LogP contribution in [0.15, 0.2) is 28.4 Å². The van der Waals surface area contributed by atoms with Gasteiger partial charge in [0, 0.05) is 43.4 Å². The van der Waals surface area contributed by atoms with E-state index in [2.05, 4.69) is 35.8 Å². The van der Waals surface area contributed by atoms with Crippen molar-refractivity contribution in [3.63, 3.8) is 0 Å². The lowest BCUT2D eigenvalue weighted by Crippen LogP contribution is -2.14. The lowest BCUT2D eigenvalue weighted by molar-refractivity contribution is 0.103. The Bertz CT molecular complexity index is 1500. The van der Waals surface area contributed by atoms with Gasteiger partial charge in [0.25, 0.3) is 0 Å². The number of ketones is 1. The molecule has 2 aromatic heterocycles. The SMILES string of the molecule is CCNc1nc(Cl)nc(NC(C)C)n1.Cc1c(C(=O)c2cnn(C)c2O)ccc(S(C)(=O)=O)c1C1=NOCC1. The molecule has 13 nitrogen and oxygen atoms in total. The first-order valence-electron chi connectivity index (χ1n) is 12.0. The number of nitrogens with zero attached hydrogens (tertiary/aromatic N) is 6. The molecule has 0 amide bonds. The summed E-state index contributed by atoms with van der Waals surface area (Å²) in [5, 5.41) is 24.0. The Labute approximate surface area is 231 Å². The van der Waals surface area contributed by atoms with Crippen molar-refractivity contribution in [3.05, 3.63) is 45.9 Å². The van der Waals surface area contributed by atoms with Gasteiger partial charge >= 0.3 is 0 Å². The molecule has 4 rings (SSSR count). The van der Waals surface area contributed by atoms with Crippen LogP contribution in [0.3, 0.4) is 0 Å². The molecule has 0 bridgehead atoms. The number of oxime groups is 1. The molecule has 0 spiro atoms. The quantitative estimate of drug-likeness (QED) is 0.335. The number of aryl methyl sites for hydroxylation is 1. The normalized spacial score (nSPS) is 12.9. The number of sulfone groups is 1. The highest BCUT2D eigenvalue weighted by molar-refractivity contribution is 7.90. The molecule has 39 heavy (non-hydrogen) atoms. The average molecular weight is 579 g/mol. The summed E-state index contributed by atoms with van der Waals surface area (Å²) in [7, 11) is -2.00. The molecule has 3 N–H and O–H groups in total. The smallest absolute Gasteiger partial charge is 0.228 e. The largest absolute Gasteiger partial charge is 0.493 e. The van der Waals surface area contributed by atoms with Gasteiger partial charge < -0.3 is 20.6 Å². The molecule has 0 aliphatic carbocycles. The number of anilines is 2. The van der Waals surface area contributed by atoms with Crippen molar-refractivity contribution in [1.82, 2.24) is 24.7 Å². The van der Waals surface area contributed by atoms with Crippen LogP contribution >= 0.6 is 11.6 Å². The molecule has 210 valence electrons. The molecule has 0 fully saturated rings. The summed E-state index contributed by atoms with van der Waals surface area (Å²) in [4.78, 5) is 29.9. The fourth-order valence-corrected chi connectivity index (χ4v) is 4.85. The third kappa shape index (κ3) is 7.20. The number of rotatable bonds is 8. The first kappa shape index (κ1) is 29.8. The highest BCUT2D eigenvalue weighted by Gasteiger charge is 2.27. The summed E-state index contributed by atoms with van der Waals surface area (Å²) in [6.07, 6.45) is 2.84. The Kier molecular flexibility index (Phi) is 9.45. The minimum absolute atomic E-state index is 0.0493. The van der Waals surface area contributed by atoms with Crippen LogP contribution in [0.4, 0.5) is 11.9 Å². The first-order valence-corrected chi connectivity index (χ1v) is 14.3. The molecule has 0 saturated heterocycles. The highest BCUT2D eigenvalue weighted by Crippen LogP contribution is 2.29. The molecule has 0 radical (unpaired) electrons. The number of benzene rings is 1. The molecule has 1 aliphatic heterocycles. The number of carbonyl (C=O) groups is 1. The number of carbonyl (C=O) groups excluding carboxylic acids is 1. The van der Waals surface area contributed by atoms with E-state index in [0.29, 0.717) is 41.8 Å². The minimum atomic E-state index is -3.52. The molecular weight excluding hydrogens is 548 g/mol. The van der Waals surface area contributed by atoms with Crippen molar-refractivity contribution < 1.29 is 23.2 Å². The zero-order valence-electron chi connectivity index (χ0n) is 22.5. The van der Waals surface area contributed by atoms with Crippen LogP contribution in [0.5, 0.6) is 5.88 Å². The van der Waals surface area contributed by atoms with Gasteiger partial charge in [0.05, 0.1) is 16.8 Å². The summed E-state index contributed by atoms with van der Waals surface area (Å²) < 4.78 is 25.5. The number of hydrogen-bond donors (Lipinski definition) is 3. The Morgan fingerprint density at radius 1 is 1.21 bits per heavy atom.